The van der Waals surface area contributed by atoms with Crippen molar-refractivity contribution in [3.8, 4) is 22.9 Å². The van der Waals surface area contributed by atoms with Crippen molar-refractivity contribution in [3.05, 3.63) is 53.4 Å². The van der Waals surface area contributed by atoms with Gasteiger partial charge in [0, 0.05) is 11.3 Å². The summed E-state index contributed by atoms with van der Waals surface area (Å²) in [5, 5.41) is 7.17. The number of anilines is 1. The minimum absolute atomic E-state index is 0.0588. The van der Waals surface area contributed by atoms with Crippen LogP contribution < -0.4 is 14.8 Å². The zero-order valence-corrected chi connectivity index (χ0v) is 15.1. The predicted octanol–water partition coefficient (Wildman–Crippen LogP) is 4.58. The molecule has 0 aliphatic rings. The van der Waals surface area contributed by atoms with Gasteiger partial charge in [-0.15, -0.1) is 0 Å². The molecule has 0 spiro atoms. The van der Waals surface area contributed by atoms with Gasteiger partial charge in [0.25, 0.3) is 0 Å². The molecule has 0 bridgehead atoms. The van der Waals surface area contributed by atoms with Crippen molar-refractivity contribution >= 4 is 5.69 Å². The number of alkyl halides is 2. The van der Waals surface area contributed by atoms with Crippen molar-refractivity contribution in [1.82, 2.24) is 10.1 Å². The molecule has 0 saturated carbocycles. The van der Waals surface area contributed by atoms with E-state index >= 15 is 0 Å². The lowest BCUT2D eigenvalue weighted by Gasteiger charge is -2.10. The topological polar surface area (TPSA) is 69.4 Å². The molecule has 2 aromatic carbocycles. The number of nitrogens with zero attached hydrogens (tertiary/aromatic N) is 2. The minimum Gasteiger partial charge on any atom is -0.493 e. The lowest BCUT2D eigenvalue weighted by Crippen LogP contribution is -2.03. The van der Waals surface area contributed by atoms with E-state index in [0.717, 1.165) is 16.8 Å². The average Bonchev–Trinajstić information content (AvgIpc) is 3.08. The highest BCUT2D eigenvalue weighted by molar-refractivity contribution is 5.60. The maximum Gasteiger partial charge on any atom is 0.387 e. The Balaban J connectivity index is 1.73. The number of aromatic nitrogens is 2. The molecular formula is C19H19F2N3O3. The quantitative estimate of drug-likeness (QED) is 0.652. The summed E-state index contributed by atoms with van der Waals surface area (Å²) in [7, 11) is 1.37. The standard InChI is InChI=1S/C19H19F2N3O3/c1-11-6-12(2)8-14(7-11)22-10-17-23-18(24-27-17)13-4-5-15(26-19(20)21)16(9-13)25-3/h4-9,19,22H,10H2,1-3H3. The van der Waals surface area contributed by atoms with E-state index < -0.39 is 6.61 Å². The number of aryl methyl sites for hydroxylation is 2. The van der Waals surface area contributed by atoms with E-state index in [-0.39, 0.29) is 11.5 Å². The summed E-state index contributed by atoms with van der Waals surface area (Å²) in [6.07, 6.45) is 0. The Morgan fingerprint density at radius 1 is 1.07 bits per heavy atom. The molecule has 0 fully saturated rings. The van der Waals surface area contributed by atoms with Crippen LogP contribution in [0.15, 0.2) is 40.9 Å². The monoisotopic (exact) mass is 375 g/mol. The molecular weight excluding hydrogens is 356 g/mol. The van der Waals surface area contributed by atoms with Crippen molar-refractivity contribution in [3.63, 3.8) is 0 Å². The predicted molar refractivity (Wildman–Crippen MR) is 96.2 cm³/mol. The third-order valence-corrected chi connectivity index (χ3v) is 3.77. The van der Waals surface area contributed by atoms with Crippen molar-refractivity contribution in [2.75, 3.05) is 12.4 Å². The smallest absolute Gasteiger partial charge is 0.387 e. The lowest BCUT2D eigenvalue weighted by atomic mass is 10.1. The molecule has 1 aromatic heterocycles. The fourth-order valence-electron chi connectivity index (χ4n) is 2.70. The first-order chi connectivity index (χ1) is 12.9. The van der Waals surface area contributed by atoms with Crippen LogP contribution in [0.2, 0.25) is 0 Å². The summed E-state index contributed by atoms with van der Waals surface area (Å²) < 4.78 is 39.6. The number of hydrogen-bond donors (Lipinski definition) is 1. The molecule has 0 radical (unpaired) electrons. The first-order valence-electron chi connectivity index (χ1n) is 8.22. The molecule has 1 heterocycles. The molecule has 0 aliphatic heterocycles. The number of nitrogens with one attached hydrogen (secondary N) is 1. The molecule has 142 valence electrons. The highest BCUT2D eigenvalue weighted by Crippen LogP contribution is 2.32. The van der Waals surface area contributed by atoms with E-state index in [9.17, 15) is 8.78 Å². The van der Waals surface area contributed by atoms with E-state index in [1.165, 1.54) is 19.2 Å². The van der Waals surface area contributed by atoms with Crippen molar-refractivity contribution in [2.45, 2.75) is 27.0 Å². The van der Waals surface area contributed by atoms with E-state index in [4.69, 9.17) is 9.26 Å². The molecule has 0 saturated heterocycles. The largest absolute Gasteiger partial charge is 0.493 e. The van der Waals surface area contributed by atoms with E-state index in [1.807, 2.05) is 26.0 Å². The van der Waals surface area contributed by atoms with E-state index in [1.54, 1.807) is 6.07 Å². The van der Waals surface area contributed by atoms with Crippen molar-refractivity contribution in [2.24, 2.45) is 0 Å². The summed E-state index contributed by atoms with van der Waals surface area (Å²) in [4.78, 5) is 4.32. The van der Waals surface area contributed by atoms with Crippen molar-refractivity contribution < 1.29 is 22.8 Å². The van der Waals surface area contributed by atoms with Gasteiger partial charge in [-0.25, -0.2) is 0 Å². The second kappa shape index (κ2) is 8.03. The zero-order valence-electron chi connectivity index (χ0n) is 15.1. The van der Waals surface area contributed by atoms with Crippen LogP contribution in [0.25, 0.3) is 11.4 Å². The molecule has 8 heteroatoms. The number of methoxy groups -OCH3 is 1. The first kappa shape index (κ1) is 18.6. The van der Waals surface area contributed by atoms with Crippen LogP contribution in [-0.2, 0) is 6.54 Å². The van der Waals surface area contributed by atoms with Crippen LogP contribution in [-0.4, -0.2) is 23.9 Å². The second-order valence-electron chi connectivity index (χ2n) is 5.99. The fourth-order valence-corrected chi connectivity index (χ4v) is 2.70. The molecule has 3 rings (SSSR count). The van der Waals surface area contributed by atoms with Crippen LogP contribution in [0.1, 0.15) is 17.0 Å². The maximum atomic E-state index is 12.4. The summed E-state index contributed by atoms with van der Waals surface area (Å²) >= 11 is 0. The SMILES string of the molecule is COc1cc(-c2noc(CNc3cc(C)cc(C)c3)n2)ccc1OC(F)F. The Labute approximate surface area is 155 Å². The Morgan fingerprint density at radius 2 is 1.81 bits per heavy atom. The average molecular weight is 375 g/mol. The van der Waals surface area contributed by atoms with E-state index in [2.05, 4.69) is 26.3 Å². The third-order valence-electron chi connectivity index (χ3n) is 3.77. The van der Waals surface area contributed by atoms with Crippen LogP contribution >= 0.6 is 0 Å². The highest BCUT2D eigenvalue weighted by Gasteiger charge is 2.15. The Kier molecular flexibility index (Phi) is 5.54. The van der Waals surface area contributed by atoms with Gasteiger partial charge in [-0.3, -0.25) is 0 Å². The van der Waals surface area contributed by atoms with Gasteiger partial charge in [0.1, 0.15) is 0 Å². The molecule has 0 unspecified atom stereocenters. The van der Waals surface area contributed by atoms with E-state index in [0.29, 0.717) is 23.8 Å². The van der Waals surface area contributed by atoms with Crippen LogP contribution in [0.5, 0.6) is 11.5 Å². The molecule has 0 aliphatic carbocycles. The van der Waals surface area contributed by atoms with Gasteiger partial charge < -0.3 is 19.3 Å². The third kappa shape index (κ3) is 4.72. The summed E-state index contributed by atoms with van der Waals surface area (Å²) in [6, 6.07) is 10.6. The normalized spacial score (nSPS) is 10.9. The maximum absolute atomic E-state index is 12.4. The van der Waals surface area contributed by atoms with Crippen LogP contribution in [0.3, 0.4) is 0 Å². The summed E-state index contributed by atoms with van der Waals surface area (Å²) in [5.74, 6) is 0.828. The molecule has 3 aromatic rings. The number of benzene rings is 2. The molecule has 6 nitrogen and oxygen atoms in total. The Hall–Kier alpha value is -3.16. The first-order valence-corrected chi connectivity index (χ1v) is 8.22. The van der Waals surface area contributed by atoms with Gasteiger partial charge in [0.05, 0.1) is 13.7 Å². The van der Waals surface area contributed by atoms with Gasteiger partial charge >= 0.3 is 6.61 Å². The zero-order chi connectivity index (χ0) is 19.4. The number of ether oxygens (including phenoxy) is 2. The van der Waals surface area contributed by atoms with Gasteiger partial charge in [0.2, 0.25) is 11.7 Å². The lowest BCUT2D eigenvalue weighted by molar-refractivity contribution is -0.0512. The van der Waals surface area contributed by atoms with Gasteiger partial charge in [0.15, 0.2) is 11.5 Å². The highest BCUT2D eigenvalue weighted by atomic mass is 19.3. The summed E-state index contributed by atoms with van der Waals surface area (Å²) in [6.45, 7) is 1.48. The Morgan fingerprint density at radius 3 is 2.48 bits per heavy atom. The Bertz CT molecular complexity index is 908. The van der Waals surface area contributed by atoms with Crippen LogP contribution in [0.4, 0.5) is 14.5 Å². The summed E-state index contributed by atoms with van der Waals surface area (Å²) in [5.41, 5.74) is 3.83. The molecule has 1 N–H and O–H groups in total. The number of halogens is 2. The van der Waals surface area contributed by atoms with Crippen molar-refractivity contribution in [1.29, 1.82) is 0 Å². The second-order valence-corrected chi connectivity index (χ2v) is 5.99. The molecule has 27 heavy (non-hydrogen) atoms. The number of hydrogen-bond acceptors (Lipinski definition) is 6. The van der Waals surface area contributed by atoms with Gasteiger partial charge in [-0.1, -0.05) is 11.2 Å². The van der Waals surface area contributed by atoms with Gasteiger partial charge in [-0.2, -0.15) is 13.8 Å². The molecule has 0 amide bonds. The minimum atomic E-state index is -2.93. The van der Waals surface area contributed by atoms with Gasteiger partial charge in [-0.05, 0) is 55.3 Å². The fraction of sp³-hybridized carbons (Fsp3) is 0.263. The van der Waals surface area contributed by atoms with Crippen LogP contribution in [0, 0.1) is 13.8 Å². The molecule has 0 atom stereocenters. The number of rotatable bonds is 7.